The van der Waals surface area contributed by atoms with Gasteiger partial charge < -0.3 is 29.1 Å². The van der Waals surface area contributed by atoms with E-state index < -0.39 is 17.7 Å². The van der Waals surface area contributed by atoms with Crippen LogP contribution in [0.15, 0.2) is 48.0 Å². The third-order valence-electron chi connectivity index (χ3n) is 6.38. The van der Waals surface area contributed by atoms with E-state index in [-0.39, 0.29) is 11.3 Å². The lowest BCUT2D eigenvalue weighted by molar-refractivity contribution is -0.140. The van der Waals surface area contributed by atoms with E-state index in [2.05, 4.69) is 13.8 Å². The van der Waals surface area contributed by atoms with Crippen LogP contribution < -0.4 is 14.2 Å². The van der Waals surface area contributed by atoms with Crippen LogP contribution in [-0.2, 0) is 9.59 Å². The fourth-order valence-corrected chi connectivity index (χ4v) is 4.23. The predicted octanol–water partition coefficient (Wildman–Crippen LogP) is 4.89. The van der Waals surface area contributed by atoms with E-state index in [4.69, 9.17) is 14.2 Å². The number of carbonyl (C=O) groups is 2. The average molecular weight is 525 g/mol. The zero-order valence-corrected chi connectivity index (χ0v) is 23.3. The highest BCUT2D eigenvalue weighted by atomic mass is 16.5. The molecule has 8 nitrogen and oxygen atoms in total. The van der Waals surface area contributed by atoms with Crippen LogP contribution in [0.1, 0.15) is 50.8 Å². The smallest absolute Gasteiger partial charge is 0.295 e. The predicted molar refractivity (Wildman–Crippen MR) is 148 cm³/mol. The Hall–Kier alpha value is -3.52. The molecule has 0 spiro atoms. The molecule has 0 bridgehead atoms. The van der Waals surface area contributed by atoms with E-state index in [0.29, 0.717) is 60.6 Å². The van der Waals surface area contributed by atoms with Crippen LogP contribution in [0.3, 0.4) is 0 Å². The second-order valence-electron chi connectivity index (χ2n) is 10.1. The number of amides is 1. The van der Waals surface area contributed by atoms with Gasteiger partial charge in [0.25, 0.3) is 11.7 Å². The van der Waals surface area contributed by atoms with Gasteiger partial charge in [0.05, 0.1) is 31.9 Å². The number of benzene rings is 2. The van der Waals surface area contributed by atoms with Crippen molar-refractivity contribution in [3.63, 3.8) is 0 Å². The zero-order chi connectivity index (χ0) is 27.8. The molecule has 1 heterocycles. The molecule has 1 aliphatic rings. The maximum atomic E-state index is 13.3. The van der Waals surface area contributed by atoms with Crippen LogP contribution in [0.5, 0.6) is 17.2 Å². The number of aliphatic hydroxyl groups excluding tert-OH is 1. The summed E-state index contributed by atoms with van der Waals surface area (Å²) >= 11 is 0. The molecule has 0 aliphatic carbocycles. The van der Waals surface area contributed by atoms with Crippen molar-refractivity contribution >= 4 is 17.4 Å². The summed E-state index contributed by atoms with van der Waals surface area (Å²) < 4.78 is 17.2. The topological polar surface area (TPSA) is 88.5 Å². The highest BCUT2D eigenvalue weighted by Crippen LogP contribution is 2.42. The van der Waals surface area contributed by atoms with E-state index in [1.54, 1.807) is 43.5 Å². The van der Waals surface area contributed by atoms with Crippen molar-refractivity contribution in [2.45, 2.75) is 39.7 Å². The molecule has 0 aromatic heterocycles. The summed E-state index contributed by atoms with van der Waals surface area (Å²) in [7, 11) is 5.36. The molecule has 3 rings (SSSR count). The van der Waals surface area contributed by atoms with Crippen molar-refractivity contribution in [3.8, 4) is 17.2 Å². The molecule has 0 radical (unpaired) electrons. The van der Waals surface area contributed by atoms with E-state index in [1.807, 2.05) is 32.0 Å². The Kier molecular flexibility index (Phi) is 10.2. The maximum absolute atomic E-state index is 13.3. The van der Waals surface area contributed by atoms with Gasteiger partial charge >= 0.3 is 0 Å². The molecular formula is C30H40N2O6. The summed E-state index contributed by atoms with van der Waals surface area (Å²) in [4.78, 5) is 29.9. The van der Waals surface area contributed by atoms with E-state index in [0.717, 1.165) is 12.8 Å². The molecule has 38 heavy (non-hydrogen) atoms. The van der Waals surface area contributed by atoms with E-state index >= 15 is 0 Å². The first-order valence-corrected chi connectivity index (χ1v) is 13.1. The maximum Gasteiger partial charge on any atom is 0.295 e. The second-order valence-corrected chi connectivity index (χ2v) is 10.1. The van der Waals surface area contributed by atoms with Crippen LogP contribution in [-0.4, -0.2) is 74.1 Å². The van der Waals surface area contributed by atoms with Crippen molar-refractivity contribution in [2.24, 2.45) is 5.92 Å². The fraction of sp³-hybridized carbons (Fsp3) is 0.467. The van der Waals surface area contributed by atoms with Crippen molar-refractivity contribution in [1.82, 2.24) is 9.80 Å². The lowest BCUT2D eigenvalue weighted by atomic mass is 9.95. The lowest BCUT2D eigenvalue weighted by Gasteiger charge is -2.27. The molecule has 1 fully saturated rings. The number of likely N-dealkylation sites (tertiary alicyclic amines) is 1. The molecule has 1 atom stereocenters. The van der Waals surface area contributed by atoms with Gasteiger partial charge in [-0.1, -0.05) is 26.8 Å². The Labute approximate surface area is 225 Å². The number of likely N-dealkylation sites (N-methyl/N-ethyl adjacent to an activating group) is 1. The Balaban J connectivity index is 2.05. The third-order valence-corrected chi connectivity index (χ3v) is 6.38. The molecule has 1 saturated heterocycles. The summed E-state index contributed by atoms with van der Waals surface area (Å²) in [5.41, 5.74) is 1.14. The number of hydrogen-bond acceptors (Lipinski definition) is 7. The first kappa shape index (κ1) is 29.0. The molecule has 206 valence electrons. The number of methoxy groups -OCH3 is 1. The summed E-state index contributed by atoms with van der Waals surface area (Å²) in [6.45, 7) is 8.29. The van der Waals surface area contributed by atoms with Gasteiger partial charge in [-0.15, -0.1) is 0 Å². The minimum Gasteiger partial charge on any atom is -0.507 e. The van der Waals surface area contributed by atoms with Gasteiger partial charge in [-0.25, -0.2) is 0 Å². The van der Waals surface area contributed by atoms with E-state index in [9.17, 15) is 14.7 Å². The monoisotopic (exact) mass is 524 g/mol. The largest absolute Gasteiger partial charge is 0.507 e. The first-order chi connectivity index (χ1) is 18.2. The summed E-state index contributed by atoms with van der Waals surface area (Å²) in [5, 5.41) is 11.3. The van der Waals surface area contributed by atoms with Crippen molar-refractivity contribution < 1.29 is 28.9 Å². The van der Waals surface area contributed by atoms with Gasteiger partial charge in [-0.05, 0) is 74.8 Å². The number of rotatable bonds is 13. The number of aliphatic hydroxyl groups is 1. The number of hydrogen-bond donors (Lipinski definition) is 1. The number of carbonyl (C=O) groups excluding carboxylic acids is 2. The SMILES string of the molecule is CCCOc1ccc(/C(O)=C2\C(=O)C(=O)N(CCN(C)C)C2c2ccc(OCCC(C)C)c(OC)c2)cc1. The number of nitrogens with zero attached hydrogens (tertiary/aromatic N) is 2. The van der Waals surface area contributed by atoms with Crippen molar-refractivity contribution in [3.05, 3.63) is 59.2 Å². The van der Waals surface area contributed by atoms with Crippen molar-refractivity contribution in [2.75, 3.05) is 47.5 Å². The molecule has 1 N–H and O–H groups in total. The molecule has 1 unspecified atom stereocenters. The van der Waals surface area contributed by atoms with Gasteiger partial charge in [0, 0.05) is 18.7 Å². The minimum absolute atomic E-state index is 0.0477. The second kappa shape index (κ2) is 13.3. The Morgan fingerprint density at radius 1 is 1.03 bits per heavy atom. The van der Waals surface area contributed by atoms with Gasteiger partial charge in [-0.3, -0.25) is 9.59 Å². The van der Waals surface area contributed by atoms with Crippen molar-refractivity contribution in [1.29, 1.82) is 0 Å². The quantitative estimate of drug-likeness (QED) is 0.227. The first-order valence-electron chi connectivity index (χ1n) is 13.1. The Morgan fingerprint density at radius 2 is 1.74 bits per heavy atom. The van der Waals surface area contributed by atoms with Gasteiger partial charge in [-0.2, -0.15) is 0 Å². The Bertz CT molecular complexity index is 1140. The third kappa shape index (κ3) is 6.86. The zero-order valence-electron chi connectivity index (χ0n) is 23.3. The van der Waals surface area contributed by atoms with Crippen LogP contribution >= 0.6 is 0 Å². The molecule has 0 saturated carbocycles. The average Bonchev–Trinajstić information content (AvgIpc) is 3.15. The standard InChI is InChI=1S/C30H40N2O6/c1-7-17-37-23-11-8-21(9-12-23)28(33)26-27(32(16-15-31(4)5)30(35)29(26)34)22-10-13-24(25(19-22)36-6)38-18-14-20(2)3/h8-13,19-20,27,33H,7,14-18H2,1-6H3/b28-26+. The van der Waals surface area contributed by atoms with Crippen LogP contribution in [0.4, 0.5) is 0 Å². The molecule has 2 aromatic carbocycles. The molecule has 8 heteroatoms. The van der Waals surface area contributed by atoms with Gasteiger partial charge in [0.2, 0.25) is 0 Å². The van der Waals surface area contributed by atoms with Gasteiger partial charge in [0.15, 0.2) is 11.5 Å². The fourth-order valence-electron chi connectivity index (χ4n) is 4.23. The van der Waals surface area contributed by atoms with Crippen LogP contribution in [0, 0.1) is 5.92 Å². The highest BCUT2D eigenvalue weighted by molar-refractivity contribution is 6.46. The van der Waals surface area contributed by atoms with E-state index in [1.165, 1.54) is 4.90 Å². The summed E-state index contributed by atoms with van der Waals surface area (Å²) in [5.74, 6) is 0.685. The summed E-state index contributed by atoms with van der Waals surface area (Å²) in [6.07, 6.45) is 1.78. The molecule has 1 amide bonds. The summed E-state index contributed by atoms with van der Waals surface area (Å²) in [6, 6.07) is 11.5. The van der Waals surface area contributed by atoms with Gasteiger partial charge in [0.1, 0.15) is 11.5 Å². The minimum atomic E-state index is -0.774. The lowest BCUT2D eigenvalue weighted by Crippen LogP contribution is -2.35. The molecular weight excluding hydrogens is 484 g/mol. The number of ether oxygens (including phenoxy) is 3. The number of ketones is 1. The molecule has 1 aliphatic heterocycles. The van der Waals surface area contributed by atoms with Crippen LogP contribution in [0.25, 0.3) is 5.76 Å². The van der Waals surface area contributed by atoms with Crippen LogP contribution in [0.2, 0.25) is 0 Å². The Morgan fingerprint density at radius 3 is 2.34 bits per heavy atom. The highest BCUT2D eigenvalue weighted by Gasteiger charge is 2.46. The number of Topliss-reactive ketones (excluding diaryl/α,β-unsaturated/α-hetero) is 1. The molecule has 2 aromatic rings. The normalized spacial score (nSPS) is 16.9.